The number of esters is 1. The predicted molar refractivity (Wildman–Crippen MR) is 90.9 cm³/mol. The van der Waals surface area contributed by atoms with Gasteiger partial charge in [-0.1, -0.05) is 6.07 Å². The van der Waals surface area contributed by atoms with Crippen LogP contribution in [0.25, 0.3) is 0 Å². The first kappa shape index (κ1) is 17.2. The summed E-state index contributed by atoms with van der Waals surface area (Å²) in [6.45, 7) is 3.35. The Bertz CT molecular complexity index is 953. The highest BCUT2D eigenvalue weighted by Gasteiger charge is 2.35. The van der Waals surface area contributed by atoms with Crippen LogP contribution in [-0.2, 0) is 32.6 Å². The third-order valence-electron chi connectivity index (χ3n) is 4.67. The zero-order chi connectivity index (χ0) is 18.3. The third-order valence-corrected chi connectivity index (χ3v) is 6.16. The van der Waals surface area contributed by atoms with E-state index in [0.717, 1.165) is 12.1 Å². The van der Waals surface area contributed by atoms with Crippen LogP contribution in [0.15, 0.2) is 35.5 Å². The fourth-order valence-electron chi connectivity index (χ4n) is 3.27. The molecule has 1 N–H and O–H groups in total. The molecule has 1 saturated heterocycles. The van der Waals surface area contributed by atoms with Crippen molar-refractivity contribution in [1.82, 2.24) is 14.5 Å². The smallest absolute Gasteiger partial charge is 0.338 e. The van der Waals surface area contributed by atoms with Crippen molar-refractivity contribution in [2.75, 3.05) is 6.61 Å². The van der Waals surface area contributed by atoms with Crippen molar-refractivity contribution in [2.24, 2.45) is 0 Å². The lowest BCUT2D eigenvalue weighted by molar-refractivity contribution is 0.0535. The van der Waals surface area contributed by atoms with E-state index in [1.54, 1.807) is 16.9 Å². The molecule has 1 fully saturated rings. The number of hydrogen-bond acceptors (Lipinski definition) is 6. The average molecular weight is 377 g/mol. The van der Waals surface area contributed by atoms with Crippen molar-refractivity contribution in [1.29, 1.82) is 0 Å². The van der Waals surface area contributed by atoms with Crippen molar-refractivity contribution in [2.45, 2.75) is 43.5 Å². The van der Waals surface area contributed by atoms with Crippen LogP contribution in [0.2, 0.25) is 0 Å². The van der Waals surface area contributed by atoms with Crippen LogP contribution in [0.1, 0.15) is 40.9 Å². The number of carbonyl (C=O) groups is 1. The first-order chi connectivity index (χ1) is 12.5. The Kier molecular flexibility index (Phi) is 4.29. The quantitative estimate of drug-likeness (QED) is 0.791. The lowest BCUT2D eigenvalue weighted by Gasteiger charge is -2.19. The van der Waals surface area contributed by atoms with Crippen LogP contribution < -0.4 is 4.72 Å². The fourth-order valence-corrected chi connectivity index (χ4v) is 4.56. The second-order valence-electron chi connectivity index (χ2n) is 6.33. The number of ether oxygens (including phenoxy) is 2. The number of rotatable bonds is 5. The molecular weight excluding hydrogens is 358 g/mol. The van der Waals surface area contributed by atoms with E-state index in [1.165, 1.54) is 12.1 Å². The van der Waals surface area contributed by atoms with Crippen LogP contribution >= 0.6 is 0 Å². The van der Waals surface area contributed by atoms with Crippen molar-refractivity contribution >= 4 is 16.0 Å². The minimum absolute atomic E-state index is 0.0463. The second-order valence-corrected chi connectivity index (χ2v) is 8.05. The summed E-state index contributed by atoms with van der Waals surface area (Å²) in [6, 6.07) is 4.08. The van der Waals surface area contributed by atoms with E-state index in [-0.39, 0.29) is 17.6 Å². The van der Waals surface area contributed by atoms with Gasteiger partial charge >= 0.3 is 5.97 Å². The molecule has 9 heteroatoms. The molecule has 4 rings (SSSR count). The van der Waals surface area contributed by atoms with Crippen LogP contribution in [0.3, 0.4) is 0 Å². The molecule has 138 valence electrons. The molecule has 0 saturated carbocycles. The minimum atomic E-state index is -3.79. The topological polar surface area (TPSA) is 99.5 Å². The highest BCUT2D eigenvalue weighted by Crippen LogP contribution is 2.30. The number of benzene rings is 1. The lowest BCUT2D eigenvalue weighted by atomic mass is 10.1. The maximum absolute atomic E-state index is 12.8. The minimum Gasteiger partial charge on any atom is -0.457 e. The molecule has 0 amide bonds. The second kappa shape index (κ2) is 6.49. The van der Waals surface area contributed by atoms with Gasteiger partial charge in [0, 0.05) is 30.5 Å². The number of cyclic esters (lactones) is 1. The molecular formula is C17H19N3O5S. The largest absolute Gasteiger partial charge is 0.457 e. The molecule has 8 nitrogen and oxygen atoms in total. The molecule has 0 bridgehead atoms. The maximum Gasteiger partial charge on any atom is 0.338 e. The summed E-state index contributed by atoms with van der Waals surface area (Å²) in [7, 11) is -3.79. The summed E-state index contributed by atoms with van der Waals surface area (Å²) >= 11 is 0. The third kappa shape index (κ3) is 3.02. The Balaban J connectivity index is 1.57. The van der Waals surface area contributed by atoms with Crippen molar-refractivity contribution in [3.63, 3.8) is 0 Å². The lowest BCUT2D eigenvalue weighted by Crippen LogP contribution is -2.36. The zero-order valence-electron chi connectivity index (χ0n) is 14.2. The molecule has 0 unspecified atom stereocenters. The summed E-state index contributed by atoms with van der Waals surface area (Å²) in [5.41, 5.74) is 1.84. The van der Waals surface area contributed by atoms with Gasteiger partial charge in [-0.25, -0.2) is 17.9 Å². The first-order valence-electron chi connectivity index (χ1n) is 8.44. The monoisotopic (exact) mass is 377 g/mol. The van der Waals surface area contributed by atoms with Crippen LogP contribution in [-0.4, -0.2) is 36.8 Å². The summed E-state index contributed by atoms with van der Waals surface area (Å²) in [4.78, 5) is 11.7. The summed E-state index contributed by atoms with van der Waals surface area (Å²) in [5, 5.41) is 4.22. The number of nitrogens with one attached hydrogen (secondary N) is 1. The van der Waals surface area contributed by atoms with E-state index in [1.807, 2.05) is 13.1 Å². The molecule has 0 aliphatic carbocycles. The number of aryl methyl sites for hydroxylation is 1. The van der Waals surface area contributed by atoms with Gasteiger partial charge in [0.25, 0.3) is 0 Å². The molecule has 0 radical (unpaired) electrons. The van der Waals surface area contributed by atoms with Gasteiger partial charge in [0.15, 0.2) is 0 Å². The van der Waals surface area contributed by atoms with Gasteiger partial charge in [-0.2, -0.15) is 5.10 Å². The number of sulfonamides is 1. The molecule has 2 aliphatic rings. The number of fused-ring (bicyclic) bond motifs is 1. The van der Waals surface area contributed by atoms with Crippen LogP contribution in [0.4, 0.5) is 0 Å². The predicted octanol–water partition coefficient (Wildman–Crippen LogP) is 1.38. The van der Waals surface area contributed by atoms with E-state index in [9.17, 15) is 13.2 Å². The van der Waals surface area contributed by atoms with Crippen molar-refractivity contribution in [3.05, 3.63) is 47.3 Å². The molecule has 1 aromatic heterocycles. The molecule has 2 aliphatic heterocycles. The Labute approximate surface area is 151 Å². The SMILES string of the molecule is CCn1cc([C@H]2OCC[C@@H]2NS(=O)(=O)c2ccc3c(c2)C(=O)OC3)cn1. The number of aromatic nitrogens is 2. The van der Waals surface area contributed by atoms with Crippen LogP contribution in [0.5, 0.6) is 0 Å². The Hall–Kier alpha value is -2.23. The van der Waals surface area contributed by atoms with Gasteiger partial charge < -0.3 is 9.47 Å². The zero-order valence-corrected chi connectivity index (χ0v) is 15.0. The highest BCUT2D eigenvalue weighted by atomic mass is 32.2. The van der Waals surface area contributed by atoms with Gasteiger partial charge in [-0.15, -0.1) is 0 Å². The van der Waals surface area contributed by atoms with Gasteiger partial charge in [0.2, 0.25) is 10.0 Å². The first-order valence-corrected chi connectivity index (χ1v) is 9.92. The molecule has 3 heterocycles. The van der Waals surface area contributed by atoms with Crippen molar-refractivity contribution in [3.8, 4) is 0 Å². The highest BCUT2D eigenvalue weighted by molar-refractivity contribution is 7.89. The van der Waals surface area contributed by atoms with Gasteiger partial charge in [-0.05, 0) is 25.5 Å². The average Bonchev–Trinajstić information content (AvgIpc) is 3.34. The number of hydrogen-bond donors (Lipinski definition) is 1. The fraction of sp³-hybridized carbons (Fsp3) is 0.412. The summed E-state index contributed by atoms with van der Waals surface area (Å²) in [5.74, 6) is -0.494. The normalized spacial score (nSPS) is 22.4. The number of carbonyl (C=O) groups excluding carboxylic acids is 1. The van der Waals surface area contributed by atoms with E-state index >= 15 is 0 Å². The van der Waals surface area contributed by atoms with E-state index in [2.05, 4.69) is 9.82 Å². The molecule has 0 spiro atoms. The van der Waals surface area contributed by atoms with Crippen molar-refractivity contribution < 1.29 is 22.7 Å². The van der Waals surface area contributed by atoms with E-state index < -0.39 is 22.0 Å². The maximum atomic E-state index is 12.8. The Morgan fingerprint density at radius 3 is 3.00 bits per heavy atom. The number of nitrogens with zero attached hydrogens (tertiary/aromatic N) is 2. The molecule has 2 atom stereocenters. The molecule has 1 aromatic carbocycles. The van der Waals surface area contributed by atoms with Gasteiger partial charge in [0.1, 0.15) is 12.7 Å². The molecule has 26 heavy (non-hydrogen) atoms. The van der Waals surface area contributed by atoms with Gasteiger partial charge in [-0.3, -0.25) is 4.68 Å². The standard InChI is InChI=1S/C17H19N3O5S/c1-2-20-9-12(8-18-20)16-15(5-6-24-16)19-26(22,23)13-4-3-11-10-25-17(21)14(11)7-13/h3-4,7-9,15-16,19H,2,5-6,10H2,1H3/t15-,16+/m0/s1. The summed E-state index contributed by atoms with van der Waals surface area (Å²) < 4.78 is 40.7. The Morgan fingerprint density at radius 2 is 2.23 bits per heavy atom. The van der Waals surface area contributed by atoms with Gasteiger partial charge in [0.05, 0.1) is 22.7 Å². The van der Waals surface area contributed by atoms with Crippen LogP contribution in [0, 0.1) is 0 Å². The Morgan fingerprint density at radius 1 is 1.38 bits per heavy atom. The summed E-state index contributed by atoms with van der Waals surface area (Å²) in [6.07, 6.45) is 3.74. The van der Waals surface area contributed by atoms with E-state index in [4.69, 9.17) is 9.47 Å². The van der Waals surface area contributed by atoms with E-state index in [0.29, 0.717) is 24.2 Å². The molecule has 2 aromatic rings.